The zero-order valence-corrected chi connectivity index (χ0v) is 7.54. The average Bonchev–Trinajstić information content (AvgIpc) is 2.04. The van der Waals surface area contributed by atoms with Crippen molar-refractivity contribution in [3.05, 3.63) is 29.6 Å². The Balaban J connectivity index is 3.06. The van der Waals surface area contributed by atoms with Crippen molar-refractivity contribution in [2.75, 3.05) is 6.26 Å². The maximum atomic E-state index is 12.7. The van der Waals surface area contributed by atoms with Crippen molar-refractivity contribution in [2.24, 2.45) is 0 Å². The summed E-state index contributed by atoms with van der Waals surface area (Å²) in [5, 5.41) is 0. The Kier molecular flexibility index (Phi) is 2.94. The second-order valence-electron chi connectivity index (χ2n) is 2.31. The largest absolute Gasteiger partial charge is 0.207 e. The number of hydrogen-bond donors (Lipinski definition) is 0. The van der Waals surface area contributed by atoms with Gasteiger partial charge in [-0.3, -0.25) is 0 Å². The Bertz CT molecular complexity index is 245. The van der Waals surface area contributed by atoms with E-state index in [1.54, 1.807) is 17.8 Å². The van der Waals surface area contributed by atoms with Crippen LogP contribution in [0.2, 0.25) is 0 Å². The third-order valence-corrected chi connectivity index (χ3v) is 2.46. The molecule has 11 heavy (non-hydrogen) atoms. The van der Waals surface area contributed by atoms with Crippen molar-refractivity contribution in [1.29, 1.82) is 0 Å². The van der Waals surface area contributed by atoms with Gasteiger partial charge in [0.2, 0.25) is 0 Å². The third kappa shape index (κ3) is 1.96. The van der Waals surface area contributed by atoms with E-state index in [9.17, 15) is 4.39 Å². The summed E-state index contributed by atoms with van der Waals surface area (Å²) in [7, 11) is 0. The predicted molar refractivity (Wildman–Crippen MR) is 47.6 cm³/mol. The Morgan fingerprint density at radius 2 is 2.18 bits per heavy atom. The molecule has 2 heteroatoms. The van der Waals surface area contributed by atoms with E-state index in [1.165, 1.54) is 11.0 Å². The van der Waals surface area contributed by atoms with Crippen molar-refractivity contribution in [2.45, 2.75) is 18.2 Å². The molecule has 0 aliphatic carbocycles. The van der Waals surface area contributed by atoms with Crippen LogP contribution >= 0.6 is 11.8 Å². The highest BCUT2D eigenvalue weighted by molar-refractivity contribution is 7.98. The Hall–Kier alpha value is -0.500. The van der Waals surface area contributed by atoms with E-state index in [0.29, 0.717) is 0 Å². The van der Waals surface area contributed by atoms with Gasteiger partial charge < -0.3 is 0 Å². The molecule has 0 aliphatic rings. The maximum absolute atomic E-state index is 12.7. The fraction of sp³-hybridized carbons (Fsp3) is 0.333. The van der Waals surface area contributed by atoms with Crippen LogP contribution in [0.15, 0.2) is 23.1 Å². The first-order chi connectivity index (χ1) is 5.27. The topological polar surface area (TPSA) is 0 Å². The first-order valence-electron chi connectivity index (χ1n) is 3.60. The van der Waals surface area contributed by atoms with Crippen LogP contribution in [-0.4, -0.2) is 6.26 Å². The van der Waals surface area contributed by atoms with Gasteiger partial charge in [-0.25, -0.2) is 4.39 Å². The molecule has 0 saturated carbocycles. The molecule has 0 unspecified atom stereocenters. The molecule has 0 heterocycles. The smallest absolute Gasteiger partial charge is 0.123 e. The lowest BCUT2D eigenvalue weighted by molar-refractivity contribution is 0.624. The van der Waals surface area contributed by atoms with Crippen LogP contribution in [0.1, 0.15) is 12.5 Å². The summed E-state index contributed by atoms with van der Waals surface area (Å²) in [6.07, 6.45) is 2.90. The molecule has 0 bridgehead atoms. The van der Waals surface area contributed by atoms with E-state index in [2.05, 4.69) is 0 Å². The van der Waals surface area contributed by atoms with Gasteiger partial charge in [-0.05, 0) is 36.4 Å². The number of aryl methyl sites for hydroxylation is 1. The number of hydrogen-bond acceptors (Lipinski definition) is 1. The molecule has 0 nitrogen and oxygen atoms in total. The molecule has 0 fully saturated rings. The van der Waals surface area contributed by atoms with Gasteiger partial charge in [0.1, 0.15) is 5.82 Å². The van der Waals surface area contributed by atoms with Crippen LogP contribution in [0.4, 0.5) is 4.39 Å². The van der Waals surface area contributed by atoms with Crippen LogP contribution in [0.3, 0.4) is 0 Å². The summed E-state index contributed by atoms with van der Waals surface area (Å²) >= 11 is 1.66. The van der Waals surface area contributed by atoms with Gasteiger partial charge in [-0.2, -0.15) is 0 Å². The normalized spacial score (nSPS) is 10.1. The number of halogens is 1. The molecule has 1 aromatic carbocycles. The second-order valence-corrected chi connectivity index (χ2v) is 3.16. The van der Waals surface area contributed by atoms with Gasteiger partial charge in [-0.1, -0.05) is 6.92 Å². The lowest BCUT2D eigenvalue weighted by atomic mass is 10.2. The molecule has 0 aromatic heterocycles. The highest BCUT2D eigenvalue weighted by atomic mass is 32.2. The molecule has 0 aliphatic heterocycles. The highest BCUT2D eigenvalue weighted by Gasteiger charge is 1.99. The van der Waals surface area contributed by atoms with E-state index >= 15 is 0 Å². The first kappa shape index (κ1) is 8.60. The third-order valence-electron chi connectivity index (χ3n) is 1.62. The Morgan fingerprint density at radius 3 is 2.73 bits per heavy atom. The summed E-state index contributed by atoms with van der Waals surface area (Å²) in [4.78, 5) is 1.17. The minimum atomic E-state index is -0.139. The van der Waals surface area contributed by atoms with Crippen molar-refractivity contribution >= 4 is 11.8 Å². The maximum Gasteiger partial charge on any atom is 0.123 e. The zero-order chi connectivity index (χ0) is 8.27. The van der Waals surface area contributed by atoms with Gasteiger partial charge in [0.15, 0.2) is 0 Å². The molecule has 0 N–H and O–H groups in total. The molecule has 0 spiro atoms. The molecular formula is C9H11FS. The average molecular weight is 170 g/mol. The van der Waals surface area contributed by atoms with Crippen LogP contribution in [0.5, 0.6) is 0 Å². The van der Waals surface area contributed by atoms with Gasteiger partial charge in [0, 0.05) is 4.90 Å². The van der Waals surface area contributed by atoms with Gasteiger partial charge in [-0.15, -0.1) is 11.8 Å². The fourth-order valence-corrected chi connectivity index (χ4v) is 1.69. The van der Waals surface area contributed by atoms with Crippen LogP contribution in [0, 0.1) is 5.82 Å². The lowest BCUT2D eigenvalue weighted by Gasteiger charge is -2.03. The summed E-state index contributed by atoms with van der Waals surface area (Å²) in [6, 6.07) is 4.94. The van der Waals surface area contributed by atoms with Crippen LogP contribution < -0.4 is 0 Å². The molecular weight excluding hydrogens is 159 g/mol. The van der Waals surface area contributed by atoms with Crippen molar-refractivity contribution in [1.82, 2.24) is 0 Å². The Morgan fingerprint density at radius 1 is 1.45 bits per heavy atom. The molecule has 0 atom stereocenters. The van der Waals surface area contributed by atoms with Crippen LogP contribution in [-0.2, 0) is 6.42 Å². The number of benzene rings is 1. The standard InChI is InChI=1S/C9H11FS/c1-3-7-6-8(10)4-5-9(7)11-2/h4-6H,3H2,1-2H3. The van der Waals surface area contributed by atoms with E-state index in [0.717, 1.165) is 12.0 Å². The minimum absolute atomic E-state index is 0.139. The molecule has 0 saturated heterocycles. The van der Waals surface area contributed by atoms with E-state index in [-0.39, 0.29) is 5.82 Å². The zero-order valence-electron chi connectivity index (χ0n) is 6.73. The molecule has 60 valence electrons. The molecule has 1 aromatic rings. The fourth-order valence-electron chi connectivity index (χ4n) is 1.02. The lowest BCUT2D eigenvalue weighted by Crippen LogP contribution is -1.85. The van der Waals surface area contributed by atoms with E-state index < -0.39 is 0 Å². The van der Waals surface area contributed by atoms with Crippen LogP contribution in [0.25, 0.3) is 0 Å². The number of rotatable bonds is 2. The van der Waals surface area contributed by atoms with E-state index in [1.807, 2.05) is 19.2 Å². The molecule has 0 amide bonds. The summed E-state index contributed by atoms with van der Waals surface area (Å²) in [6.45, 7) is 2.04. The quantitative estimate of drug-likeness (QED) is 0.614. The minimum Gasteiger partial charge on any atom is -0.207 e. The summed E-state index contributed by atoms with van der Waals surface area (Å²) in [5.74, 6) is -0.139. The second kappa shape index (κ2) is 3.77. The summed E-state index contributed by atoms with van der Waals surface area (Å²) < 4.78 is 12.7. The predicted octanol–water partition coefficient (Wildman–Crippen LogP) is 3.11. The highest BCUT2D eigenvalue weighted by Crippen LogP contribution is 2.21. The Labute approximate surface area is 70.8 Å². The monoisotopic (exact) mass is 170 g/mol. The van der Waals surface area contributed by atoms with E-state index in [4.69, 9.17) is 0 Å². The van der Waals surface area contributed by atoms with Crippen molar-refractivity contribution < 1.29 is 4.39 Å². The molecule has 0 radical (unpaired) electrons. The summed E-state index contributed by atoms with van der Waals surface area (Å²) in [5.41, 5.74) is 1.09. The first-order valence-corrected chi connectivity index (χ1v) is 4.82. The van der Waals surface area contributed by atoms with Gasteiger partial charge in [0.05, 0.1) is 0 Å². The van der Waals surface area contributed by atoms with Crippen molar-refractivity contribution in [3.63, 3.8) is 0 Å². The number of thioether (sulfide) groups is 1. The SMILES string of the molecule is CCc1cc(F)ccc1SC. The van der Waals surface area contributed by atoms with Gasteiger partial charge >= 0.3 is 0 Å². The van der Waals surface area contributed by atoms with Crippen molar-refractivity contribution in [3.8, 4) is 0 Å². The van der Waals surface area contributed by atoms with Gasteiger partial charge in [0.25, 0.3) is 0 Å². The molecule has 1 rings (SSSR count).